The Morgan fingerprint density at radius 3 is 1.54 bits per heavy atom. The molecule has 0 atom stereocenters. The van der Waals surface area contributed by atoms with Gasteiger partial charge in [0.25, 0.3) is 0 Å². The molecule has 0 aliphatic heterocycles. The Labute approximate surface area is 232 Å². The molecule has 1 aromatic rings. The van der Waals surface area contributed by atoms with E-state index in [0.29, 0.717) is 91.5 Å². The van der Waals surface area contributed by atoms with Crippen molar-refractivity contribution >= 4 is 17.6 Å². The van der Waals surface area contributed by atoms with Crippen molar-refractivity contribution in [3.8, 4) is 0 Å². The number of anilines is 1. The number of rotatable bonds is 27. The Morgan fingerprint density at radius 2 is 1.08 bits per heavy atom. The van der Waals surface area contributed by atoms with Gasteiger partial charge < -0.3 is 43.2 Å². The first kappa shape index (κ1) is 34.7. The highest BCUT2D eigenvalue weighted by molar-refractivity contribution is 5.89. The number of nitrogens with one attached hydrogen (secondary N) is 1. The Kier molecular flexibility index (Phi) is 23.1. The summed E-state index contributed by atoms with van der Waals surface area (Å²) in [6.45, 7) is 10.6. The molecule has 0 spiro atoms. The largest absolute Gasteiger partial charge is 0.466 e. The van der Waals surface area contributed by atoms with Gasteiger partial charge in [-0.05, 0) is 37.6 Å². The van der Waals surface area contributed by atoms with Crippen LogP contribution in [0.25, 0.3) is 0 Å². The van der Waals surface area contributed by atoms with E-state index in [1.807, 2.05) is 12.1 Å². The van der Waals surface area contributed by atoms with Crippen molar-refractivity contribution in [2.75, 3.05) is 104 Å². The van der Waals surface area contributed by atoms with Gasteiger partial charge in [-0.15, -0.1) is 0 Å². The molecule has 0 fully saturated rings. The molecule has 224 valence electrons. The van der Waals surface area contributed by atoms with E-state index in [1.165, 1.54) is 0 Å². The summed E-state index contributed by atoms with van der Waals surface area (Å²) in [5, 5.41) is 3.31. The molecule has 11 nitrogen and oxygen atoms in total. The van der Waals surface area contributed by atoms with E-state index < -0.39 is 0 Å². The van der Waals surface area contributed by atoms with E-state index in [2.05, 4.69) is 12.2 Å². The van der Waals surface area contributed by atoms with E-state index in [4.69, 9.17) is 37.9 Å². The number of hydrogen-bond donors (Lipinski definition) is 1. The minimum absolute atomic E-state index is 0.189. The molecular formula is C28H47NO10. The van der Waals surface area contributed by atoms with Crippen LogP contribution >= 0.6 is 0 Å². The molecule has 11 heteroatoms. The minimum Gasteiger partial charge on any atom is -0.466 e. The second kappa shape index (κ2) is 26.0. The van der Waals surface area contributed by atoms with Gasteiger partial charge in [-0.2, -0.15) is 0 Å². The first-order chi connectivity index (χ1) is 19.2. The summed E-state index contributed by atoms with van der Waals surface area (Å²) in [5.41, 5.74) is 1.51. The zero-order chi connectivity index (χ0) is 28.2. The molecule has 39 heavy (non-hydrogen) atoms. The third kappa shape index (κ3) is 21.2. The molecule has 1 N–H and O–H groups in total. The highest BCUT2D eigenvalue weighted by Gasteiger charge is 2.06. The lowest BCUT2D eigenvalue weighted by atomic mass is 10.2. The van der Waals surface area contributed by atoms with E-state index in [9.17, 15) is 9.59 Å². The van der Waals surface area contributed by atoms with Gasteiger partial charge in [-0.3, -0.25) is 4.79 Å². The van der Waals surface area contributed by atoms with Gasteiger partial charge in [0.15, 0.2) is 0 Å². The highest BCUT2D eigenvalue weighted by Crippen LogP contribution is 2.10. The molecule has 0 aliphatic rings. The Bertz CT molecular complexity index is 717. The maximum atomic E-state index is 12.1. The van der Waals surface area contributed by atoms with E-state index >= 15 is 0 Å². The SMILES string of the molecule is CCCCNc1ccc(C(=O)OCCOCCOCCOCCOCCOCCOCCC(=O)OCC)cc1. The maximum Gasteiger partial charge on any atom is 0.338 e. The molecule has 1 aromatic carbocycles. The lowest BCUT2D eigenvalue weighted by molar-refractivity contribution is -0.144. The van der Waals surface area contributed by atoms with Crippen LogP contribution in [-0.2, 0) is 42.7 Å². The smallest absolute Gasteiger partial charge is 0.338 e. The molecule has 0 unspecified atom stereocenters. The molecule has 0 aliphatic carbocycles. The quantitative estimate of drug-likeness (QED) is 0.127. The summed E-state index contributed by atoms with van der Waals surface area (Å²) in [6.07, 6.45) is 2.50. The van der Waals surface area contributed by atoms with Crippen LogP contribution in [0.3, 0.4) is 0 Å². The van der Waals surface area contributed by atoms with Gasteiger partial charge in [0.05, 0.1) is 97.9 Å². The molecule has 0 aromatic heterocycles. The molecule has 0 saturated carbocycles. The minimum atomic E-state index is -0.363. The molecule has 0 bridgehead atoms. The third-order valence-electron chi connectivity index (χ3n) is 5.06. The average Bonchev–Trinajstić information content (AvgIpc) is 2.94. The van der Waals surface area contributed by atoms with Crippen molar-refractivity contribution in [2.24, 2.45) is 0 Å². The van der Waals surface area contributed by atoms with E-state index in [0.717, 1.165) is 25.1 Å². The first-order valence-corrected chi connectivity index (χ1v) is 13.8. The zero-order valence-electron chi connectivity index (χ0n) is 23.6. The van der Waals surface area contributed by atoms with Crippen molar-refractivity contribution in [1.82, 2.24) is 0 Å². The van der Waals surface area contributed by atoms with Crippen molar-refractivity contribution in [3.63, 3.8) is 0 Å². The monoisotopic (exact) mass is 557 g/mol. The number of carbonyl (C=O) groups is 2. The van der Waals surface area contributed by atoms with Crippen LogP contribution in [0.5, 0.6) is 0 Å². The average molecular weight is 558 g/mol. The number of esters is 2. The van der Waals surface area contributed by atoms with Crippen molar-refractivity contribution < 1.29 is 47.5 Å². The molecule has 1 rings (SSSR count). The molecule has 0 heterocycles. The normalized spacial score (nSPS) is 10.9. The van der Waals surface area contributed by atoms with Crippen molar-refractivity contribution in [1.29, 1.82) is 0 Å². The van der Waals surface area contributed by atoms with Crippen LogP contribution in [0.4, 0.5) is 5.69 Å². The fraction of sp³-hybridized carbons (Fsp3) is 0.714. The number of ether oxygens (including phenoxy) is 8. The van der Waals surface area contributed by atoms with Crippen LogP contribution in [-0.4, -0.2) is 111 Å². The summed E-state index contributed by atoms with van der Waals surface area (Å²) in [6, 6.07) is 7.27. The number of hydrogen-bond acceptors (Lipinski definition) is 11. The van der Waals surface area contributed by atoms with Gasteiger partial charge in [-0.25, -0.2) is 4.79 Å². The summed E-state index contributed by atoms with van der Waals surface area (Å²) in [7, 11) is 0. The lowest BCUT2D eigenvalue weighted by Crippen LogP contribution is -2.15. The predicted octanol–water partition coefficient (Wildman–Crippen LogP) is 3.11. The summed E-state index contributed by atoms with van der Waals surface area (Å²) in [4.78, 5) is 23.2. The Morgan fingerprint density at radius 1 is 0.615 bits per heavy atom. The van der Waals surface area contributed by atoms with Gasteiger partial charge in [0, 0.05) is 12.2 Å². The number of benzene rings is 1. The summed E-state index contributed by atoms with van der Waals surface area (Å²) >= 11 is 0. The topological polar surface area (TPSA) is 120 Å². The summed E-state index contributed by atoms with van der Waals surface area (Å²) < 4.78 is 42.4. The Hall–Kier alpha value is -2.28. The molecular weight excluding hydrogens is 510 g/mol. The standard InChI is InChI=1S/C28H47NO10/c1-3-5-11-29-26-8-6-25(7-9-26)28(31)39-24-23-37-22-21-36-20-19-35-18-17-34-16-15-33-14-13-32-12-10-27(30)38-4-2/h6-9,29H,3-5,10-24H2,1-2H3. The Balaban J connectivity index is 1.79. The molecule has 0 amide bonds. The fourth-order valence-corrected chi connectivity index (χ4v) is 3.00. The second-order valence-electron chi connectivity index (χ2n) is 8.22. The molecule has 0 saturated heterocycles. The van der Waals surface area contributed by atoms with Crippen LogP contribution in [0.15, 0.2) is 24.3 Å². The van der Waals surface area contributed by atoms with Crippen molar-refractivity contribution in [2.45, 2.75) is 33.1 Å². The van der Waals surface area contributed by atoms with Crippen LogP contribution in [0.1, 0.15) is 43.5 Å². The second-order valence-corrected chi connectivity index (χ2v) is 8.22. The maximum absolute atomic E-state index is 12.1. The van der Waals surface area contributed by atoms with Gasteiger partial charge >= 0.3 is 11.9 Å². The number of carbonyl (C=O) groups excluding carboxylic acids is 2. The first-order valence-electron chi connectivity index (χ1n) is 13.8. The zero-order valence-corrected chi connectivity index (χ0v) is 23.6. The number of unbranched alkanes of at least 4 members (excludes halogenated alkanes) is 1. The fourth-order valence-electron chi connectivity index (χ4n) is 3.00. The highest BCUT2D eigenvalue weighted by atomic mass is 16.6. The van der Waals surface area contributed by atoms with E-state index in [-0.39, 0.29) is 25.0 Å². The van der Waals surface area contributed by atoms with Crippen LogP contribution in [0, 0.1) is 0 Å². The van der Waals surface area contributed by atoms with Gasteiger partial charge in [0.2, 0.25) is 0 Å². The van der Waals surface area contributed by atoms with Crippen molar-refractivity contribution in [3.05, 3.63) is 29.8 Å². The predicted molar refractivity (Wildman–Crippen MR) is 146 cm³/mol. The lowest BCUT2D eigenvalue weighted by Gasteiger charge is -2.09. The van der Waals surface area contributed by atoms with Gasteiger partial charge in [-0.1, -0.05) is 13.3 Å². The van der Waals surface area contributed by atoms with E-state index in [1.54, 1.807) is 19.1 Å². The van der Waals surface area contributed by atoms with Crippen LogP contribution < -0.4 is 5.32 Å². The van der Waals surface area contributed by atoms with Gasteiger partial charge in [0.1, 0.15) is 6.61 Å². The summed E-state index contributed by atoms with van der Waals surface area (Å²) in [5.74, 6) is -0.618. The third-order valence-corrected chi connectivity index (χ3v) is 5.06. The molecule has 0 radical (unpaired) electrons. The van der Waals surface area contributed by atoms with Crippen LogP contribution in [0.2, 0.25) is 0 Å².